The first kappa shape index (κ1) is 27.8. The number of ketones is 1. The molecule has 2 aromatic rings. The fraction of sp³-hybridized carbons (Fsp3) is 0.407. The number of halogens is 3. The van der Waals surface area contributed by atoms with Crippen LogP contribution in [0.1, 0.15) is 37.8 Å². The lowest BCUT2D eigenvalue weighted by molar-refractivity contribution is -0.152. The summed E-state index contributed by atoms with van der Waals surface area (Å²) in [4.78, 5) is 26.4. The summed E-state index contributed by atoms with van der Waals surface area (Å²) in [5.41, 5.74) is 1.21. The largest absolute Gasteiger partial charge is 0.457 e. The molecule has 0 spiro atoms. The third kappa shape index (κ3) is 5.22. The molecule has 0 N–H and O–H groups in total. The van der Waals surface area contributed by atoms with Gasteiger partial charge in [-0.25, -0.2) is 8.42 Å². The number of hydrogen-bond donors (Lipinski definition) is 0. The molecule has 0 saturated carbocycles. The van der Waals surface area contributed by atoms with Crippen LogP contribution in [-0.2, 0) is 35.9 Å². The first-order valence-corrected chi connectivity index (χ1v) is 13.6. The fourth-order valence-electron chi connectivity index (χ4n) is 5.11. The summed E-state index contributed by atoms with van der Waals surface area (Å²) in [6, 6.07) is 11.9. The number of fused-ring (bicyclic) bond motifs is 1. The van der Waals surface area contributed by atoms with Crippen LogP contribution in [0.4, 0.5) is 18.9 Å². The summed E-state index contributed by atoms with van der Waals surface area (Å²) in [5, 5.41) is 0. The van der Waals surface area contributed by atoms with Gasteiger partial charge < -0.3 is 9.64 Å². The topological polar surface area (TPSA) is 84.0 Å². The Labute approximate surface area is 219 Å². The number of sulfonamides is 1. The molecule has 7 nitrogen and oxygen atoms in total. The number of anilines is 1. The van der Waals surface area contributed by atoms with Crippen LogP contribution in [0.3, 0.4) is 0 Å². The average Bonchev–Trinajstić information content (AvgIpc) is 3.07. The summed E-state index contributed by atoms with van der Waals surface area (Å²) in [6.45, 7) is 3.29. The fourth-order valence-corrected chi connectivity index (χ4v) is 6.79. The zero-order chi connectivity index (χ0) is 27.9. The molecule has 0 bridgehead atoms. The van der Waals surface area contributed by atoms with Crippen LogP contribution in [0.25, 0.3) is 0 Å². The van der Waals surface area contributed by atoms with E-state index >= 15 is 0 Å². The standard InChI is InChI=1S/C27H29F3N2O5S/c1-26(2)20-8-4-6-10-22(20)31(3)24(26)16-19(33)17-37-25(34)18-12-14-32(15-13-18)38(35,36)23-11-7-5-9-21(23)27(28,29)30/h4-11,16,18H,12-15,17H2,1-3H3. The first-order chi connectivity index (χ1) is 17.7. The second-order valence-electron chi connectivity index (χ2n) is 9.98. The smallest absolute Gasteiger partial charge is 0.417 e. The number of ether oxygens (including phenoxy) is 1. The number of nitrogens with zero attached hydrogens (tertiary/aromatic N) is 2. The Morgan fingerprint density at radius 1 is 1.05 bits per heavy atom. The van der Waals surface area contributed by atoms with Gasteiger partial charge in [0.15, 0.2) is 12.4 Å². The van der Waals surface area contributed by atoms with E-state index in [4.69, 9.17) is 4.74 Å². The molecule has 11 heteroatoms. The van der Waals surface area contributed by atoms with Crippen molar-refractivity contribution in [2.24, 2.45) is 5.92 Å². The number of carbonyl (C=O) groups is 2. The molecule has 2 heterocycles. The second-order valence-corrected chi connectivity index (χ2v) is 11.9. The van der Waals surface area contributed by atoms with E-state index in [0.29, 0.717) is 0 Å². The minimum absolute atomic E-state index is 0.0760. The van der Waals surface area contributed by atoms with E-state index < -0.39 is 50.6 Å². The van der Waals surface area contributed by atoms with Crippen LogP contribution in [0.2, 0.25) is 0 Å². The van der Waals surface area contributed by atoms with Gasteiger partial charge in [-0.1, -0.05) is 44.2 Å². The molecule has 2 aliphatic rings. The molecule has 0 unspecified atom stereocenters. The number of piperidine rings is 1. The highest BCUT2D eigenvalue weighted by Crippen LogP contribution is 2.46. The summed E-state index contributed by atoms with van der Waals surface area (Å²) in [5.74, 6) is -1.67. The predicted octanol–water partition coefficient (Wildman–Crippen LogP) is 4.53. The van der Waals surface area contributed by atoms with Crippen LogP contribution in [0.15, 0.2) is 65.2 Å². The molecule has 0 amide bonds. The molecule has 0 aromatic heterocycles. The zero-order valence-corrected chi connectivity index (χ0v) is 22.1. The summed E-state index contributed by atoms with van der Waals surface area (Å²) in [7, 11) is -2.54. The lowest BCUT2D eigenvalue weighted by Crippen LogP contribution is -2.41. The van der Waals surface area contributed by atoms with Gasteiger partial charge in [-0.15, -0.1) is 0 Å². The van der Waals surface area contributed by atoms with Crippen LogP contribution in [-0.4, -0.2) is 51.2 Å². The molecule has 38 heavy (non-hydrogen) atoms. The SMILES string of the molecule is CN1C(=CC(=O)COC(=O)C2CCN(S(=O)(=O)c3ccccc3C(F)(F)F)CC2)C(C)(C)c2ccccc21. The molecule has 1 saturated heterocycles. The minimum atomic E-state index is -4.82. The maximum absolute atomic E-state index is 13.3. The van der Waals surface area contributed by atoms with Gasteiger partial charge in [0.2, 0.25) is 10.0 Å². The summed E-state index contributed by atoms with van der Waals surface area (Å²) >= 11 is 0. The maximum atomic E-state index is 13.3. The van der Waals surface area contributed by atoms with Crippen molar-refractivity contribution < 1.29 is 35.9 Å². The number of benzene rings is 2. The van der Waals surface area contributed by atoms with Crippen molar-refractivity contribution in [2.45, 2.75) is 43.2 Å². The van der Waals surface area contributed by atoms with Gasteiger partial charge in [0, 0.05) is 43.0 Å². The molecule has 4 rings (SSSR count). The summed E-state index contributed by atoms with van der Waals surface area (Å²) < 4.78 is 72.1. The second kappa shape index (κ2) is 10.2. The van der Waals surface area contributed by atoms with Crippen LogP contribution in [0, 0.1) is 5.92 Å². The highest BCUT2D eigenvalue weighted by atomic mass is 32.2. The Kier molecular flexibility index (Phi) is 7.46. The molecule has 0 radical (unpaired) electrons. The van der Waals surface area contributed by atoms with Crippen molar-refractivity contribution in [1.29, 1.82) is 0 Å². The molecule has 2 aliphatic heterocycles. The molecular weight excluding hydrogens is 521 g/mol. The Bertz CT molecular complexity index is 1380. The average molecular weight is 551 g/mol. The normalized spacial score (nSPS) is 19.4. The minimum Gasteiger partial charge on any atom is -0.457 e. The van der Waals surface area contributed by atoms with Crippen molar-refractivity contribution in [3.63, 3.8) is 0 Å². The third-order valence-electron chi connectivity index (χ3n) is 7.19. The van der Waals surface area contributed by atoms with Gasteiger partial charge in [-0.3, -0.25) is 9.59 Å². The highest BCUT2D eigenvalue weighted by molar-refractivity contribution is 7.89. The lowest BCUT2D eigenvalue weighted by atomic mass is 9.83. The number of carbonyl (C=O) groups excluding carboxylic acids is 2. The highest BCUT2D eigenvalue weighted by Gasteiger charge is 2.41. The monoisotopic (exact) mass is 550 g/mol. The van der Waals surface area contributed by atoms with E-state index in [1.54, 1.807) is 0 Å². The van der Waals surface area contributed by atoms with E-state index in [9.17, 15) is 31.2 Å². The molecule has 0 aliphatic carbocycles. The molecule has 204 valence electrons. The summed E-state index contributed by atoms with van der Waals surface area (Å²) in [6.07, 6.45) is -3.20. The first-order valence-electron chi connectivity index (χ1n) is 12.2. The number of esters is 1. The molecular formula is C27H29F3N2O5S. The number of alkyl halides is 3. The van der Waals surface area contributed by atoms with Gasteiger partial charge in [-0.05, 0) is 36.6 Å². The van der Waals surface area contributed by atoms with E-state index in [1.165, 1.54) is 12.1 Å². The Morgan fingerprint density at radius 2 is 1.66 bits per heavy atom. The number of para-hydroxylation sites is 1. The van der Waals surface area contributed by atoms with Crippen LogP contribution >= 0.6 is 0 Å². The molecule has 2 aromatic carbocycles. The zero-order valence-electron chi connectivity index (χ0n) is 21.3. The van der Waals surface area contributed by atoms with Gasteiger partial charge in [-0.2, -0.15) is 17.5 Å². The Balaban J connectivity index is 1.35. The van der Waals surface area contributed by atoms with Crippen molar-refractivity contribution in [3.8, 4) is 0 Å². The molecule has 1 fully saturated rings. The Morgan fingerprint density at radius 3 is 2.29 bits per heavy atom. The van der Waals surface area contributed by atoms with E-state index in [-0.39, 0.29) is 31.7 Å². The van der Waals surface area contributed by atoms with Crippen LogP contribution in [0.5, 0.6) is 0 Å². The van der Waals surface area contributed by atoms with Gasteiger partial charge in [0.1, 0.15) is 0 Å². The molecule has 0 atom stereocenters. The quantitative estimate of drug-likeness (QED) is 0.388. The van der Waals surface area contributed by atoms with E-state index in [2.05, 4.69) is 0 Å². The van der Waals surface area contributed by atoms with Crippen molar-refractivity contribution in [2.75, 3.05) is 31.6 Å². The Hall–Kier alpha value is -3.18. The van der Waals surface area contributed by atoms with E-state index in [1.807, 2.05) is 50.1 Å². The van der Waals surface area contributed by atoms with Crippen LogP contribution < -0.4 is 4.90 Å². The van der Waals surface area contributed by atoms with Gasteiger partial charge in [0.05, 0.1) is 16.4 Å². The van der Waals surface area contributed by atoms with Gasteiger partial charge >= 0.3 is 12.1 Å². The number of likely N-dealkylation sites (N-methyl/N-ethyl adjacent to an activating group) is 1. The third-order valence-corrected chi connectivity index (χ3v) is 9.15. The number of allylic oxidation sites excluding steroid dienone is 1. The lowest BCUT2D eigenvalue weighted by Gasteiger charge is -2.30. The van der Waals surface area contributed by atoms with Crippen molar-refractivity contribution in [1.82, 2.24) is 4.31 Å². The van der Waals surface area contributed by atoms with E-state index in [0.717, 1.165) is 39.5 Å². The van der Waals surface area contributed by atoms with Gasteiger partial charge in [0.25, 0.3) is 0 Å². The van der Waals surface area contributed by atoms with Crippen molar-refractivity contribution >= 4 is 27.5 Å². The predicted molar refractivity (Wildman–Crippen MR) is 135 cm³/mol. The maximum Gasteiger partial charge on any atom is 0.417 e. The number of rotatable bonds is 6. The van der Waals surface area contributed by atoms with Crippen molar-refractivity contribution in [3.05, 3.63) is 71.4 Å². The number of hydrogen-bond acceptors (Lipinski definition) is 6.